The fraction of sp³-hybridized carbons (Fsp3) is 0.714. The van der Waals surface area contributed by atoms with Gasteiger partial charge in [-0.25, -0.2) is 0 Å². The third-order valence-electron chi connectivity index (χ3n) is 4.30. The fourth-order valence-corrected chi connectivity index (χ4v) is 3.25. The number of fused-ring (bicyclic) bond motifs is 1. The van der Waals surface area contributed by atoms with Crippen LogP contribution in [0.2, 0.25) is 0 Å². The van der Waals surface area contributed by atoms with Gasteiger partial charge in [0, 0.05) is 43.1 Å². The number of aromatic nitrogens is 1. The van der Waals surface area contributed by atoms with Crippen molar-refractivity contribution in [3.63, 3.8) is 0 Å². The molecule has 1 N–H and O–H groups in total. The zero-order valence-corrected chi connectivity index (χ0v) is 11.4. The lowest BCUT2D eigenvalue weighted by Crippen LogP contribution is -2.50. The maximum Gasteiger partial charge on any atom is 0.0808 e. The first-order chi connectivity index (χ1) is 8.66. The molecule has 18 heavy (non-hydrogen) atoms. The maximum absolute atomic E-state index is 10.1. The first-order valence-corrected chi connectivity index (χ1v) is 7.00. The Balaban J connectivity index is 1.92. The Labute approximate surface area is 109 Å². The minimum absolute atomic E-state index is 0.249. The zero-order chi connectivity index (χ0) is 12.7. The average Bonchev–Trinajstić information content (AvgIpc) is 2.69. The van der Waals surface area contributed by atoms with Gasteiger partial charge in [0.1, 0.15) is 0 Å². The zero-order valence-electron chi connectivity index (χ0n) is 11.4. The van der Waals surface area contributed by atoms with E-state index in [9.17, 15) is 5.11 Å². The lowest BCUT2D eigenvalue weighted by Gasteiger charge is -2.37. The molecule has 1 aromatic heterocycles. The summed E-state index contributed by atoms with van der Waals surface area (Å²) in [6.07, 6.45) is 2.87. The van der Waals surface area contributed by atoms with Gasteiger partial charge in [0.2, 0.25) is 0 Å². The molecule has 0 spiro atoms. The summed E-state index contributed by atoms with van der Waals surface area (Å²) in [7, 11) is 2.18. The molecule has 100 valence electrons. The Bertz CT molecular complexity index is 432. The number of hydrogen-bond donors (Lipinski definition) is 1. The standard InChI is InChI=1S/C14H23N3O/c1-11-10-12-13(4-3-5-14(12)18)17(11)16-8-6-15(2)7-9-16/h10,14,18H,3-9H2,1-2H3. The van der Waals surface area contributed by atoms with E-state index in [0.717, 1.165) is 51.0 Å². The largest absolute Gasteiger partial charge is 0.388 e. The molecule has 2 heterocycles. The van der Waals surface area contributed by atoms with Crippen molar-refractivity contribution >= 4 is 0 Å². The highest BCUT2D eigenvalue weighted by Gasteiger charge is 2.26. The number of aliphatic hydroxyl groups excluding tert-OH is 1. The lowest BCUT2D eigenvalue weighted by atomic mass is 9.95. The number of hydrogen-bond acceptors (Lipinski definition) is 3. The number of piperazine rings is 1. The van der Waals surface area contributed by atoms with Gasteiger partial charge in [-0.1, -0.05) is 0 Å². The highest BCUT2D eigenvalue weighted by atomic mass is 16.3. The maximum atomic E-state index is 10.1. The van der Waals surface area contributed by atoms with Crippen LogP contribution in [-0.2, 0) is 6.42 Å². The van der Waals surface area contributed by atoms with E-state index in [0.29, 0.717) is 0 Å². The van der Waals surface area contributed by atoms with Gasteiger partial charge in [-0.15, -0.1) is 0 Å². The second kappa shape index (κ2) is 4.59. The third-order valence-corrected chi connectivity index (χ3v) is 4.30. The van der Waals surface area contributed by atoms with Gasteiger partial charge in [0.15, 0.2) is 0 Å². The van der Waals surface area contributed by atoms with Crippen molar-refractivity contribution in [3.05, 3.63) is 23.0 Å². The van der Waals surface area contributed by atoms with Crippen LogP contribution < -0.4 is 5.01 Å². The first-order valence-electron chi connectivity index (χ1n) is 7.00. The molecule has 1 aliphatic heterocycles. The molecule has 4 nitrogen and oxygen atoms in total. The molecular formula is C14H23N3O. The molecule has 0 bridgehead atoms. The Morgan fingerprint density at radius 2 is 1.94 bits per heavy atom. The van der Waals surface area contributed by atoms with Crippen LogP contribution in [0.5, 0.6) is 0 Å². The van der Waals surface area contributed by atoms with Crippen molar-refractivity contribution < 1.29 is 5.11 Å². The van der Waals surface area contributed by atoms with Crippen LogP contribution in [0.3, 0.4) is 0 Å². The summed E-state index contributed by atoms with van der Waals surface area (Å²) < 4.78 is 2.37. The van der Waals surface area contributed by atoms with Crippen LogP contribution >= 0.6 is 0 Å². The average molecular weight is 249 g/mol. The summed E-state index contributed by atoms with van der Waals surface area (Å²) in [6, 6.07) is 2.18. The van der Waals surface area contributed by atoms with E-state index in [1.54, 1.807) is 0 Å². The van der Waals surface area contributed by atoms with E-state index < -0.39 is 0 Å². The van der Waals surface area contributed by atoms with E-state index in [2.05, 4.69) is 34.6 Å². The van der Waals surface area contributed by atoms with Gasteiger partial charge < -0.3 is 15.0 Å². The van der Waals surface area contributed by atoms with E-state index in [-0.39, 0.29) is 6.10 Å². The van der Waals surface area contributed by atoms with E-state index >= 15 is 0 Å². The monoisotopic (exact) mass is 249 g/mol. The first kappa shape index (κ1) is 12.1. The van der Waals surface area contributed by atoms with Crippen molar-refractivity contribution in [1.82, 2.24) is 9.58 Å². The molecule has 3 rings (SSSR count). The van der Waals surface area contributed by atoms with E-state index in [1.807, 2.05) is 0 Å². The summed E-state index contributed by atoms with van der Waals surface area (Å²) >= 11 is 0. The molecule has 1 saturated heterocycles. The third kappa shape index (κ3) is 1.93. The quantitative estimate of drug-likeness (QED) is 0.807. The summed E-state index contributed by atoms with van der Waals surface area (Å²) in [5.74, 6) is 0. The Morgan fingerprint density at radius 3 is 2.67 bits per heavy atom. The van der Waals surface area contributed by atoms with Crippen LogP contribution in [0.4, 0.5) is 0 Å². The molecule has 2 aliphatic rings. The molecule has 0 saturated carbocycles. The molecule has 0 amide bonds. The summed E-state index contributed by atoms with van der Waals surface area (Å²) in [5, 5.41) is 12.5. The molecule has 1 aromatic rings. The molecule has 0 aromatic carbocycles. The van der Waals surface area contributed by atoms with Crippen LogP contribution in [0.15, 0.2) is 6.07 Å². The van der Waals surface area contributed by atoms with Gasteiger partial charge in [-0.05, 0) is 39.3 Å². The van der Waals surface area contributed by atoms with Gasteiger partial charge in [-0.3, -0.25) is 4.68 Å². The second-order valence-electron chi connectivity index (χ2n) is 5.66. The van der Waals surface area contributed by atoms with Crippen molar-refractivity contribution in [2.24, 2.45) is 0 Å². The van der Waals surface area contributed by atoms with Crippen LogP contribution in [0, 0.1) is 6.92 Å². The van der Waals surface area contributed by atoms with E-state index in [4.69, 9.17) is 0 Å². The van der Waals surface area contributed by atoms with Crippen LogP contribution in [-0.4, -0.2) is 47.9 Å². The molecule has 0 radical (unpaired) electrons. The highest BCUT2D eigenvalue weighted by molar-refractivity contribution is 5.33. The van der Waals surface area contributed by atoms with Gasteiger partial charge in [0.25, 0.3) is 0 Å². The molecule has 1 fully saturated rings. The Hall–Kier alpha value is -1.00. The number of likely N-dealkylation sites (N-methyl/N-ethyl adjacent to an activating group) is 1. The Morgan fingerprint density at radius 1 is 1.22 bits per heavy atom. The Kier molecular flexibility index (Phi) is 3.08. The van der Waals surface area contributed by atoms with Gasteiger partial charge >= 0.3 is 0 Å². The molecule has 1 unspecified atom stereocenters. The van der Waals surface area contributed by atoms with Crippen LogP contribution in [0.1, 0.15) is 35.9 Å². The van der Waals surface area contributed by atoms with Gasteiger partial charge in [0.05, 0.1) is 6.10 Å². The summed E-state index contributed by atoms with van der Waals surface area (Å²) in [5.41, 5.74) is 3.78. The van der Waals surface area contributed by atoms with Crippen molar-refractivity contribution in [3.8, 4) is 0 Å². The number of nitrogens with zero attached hydrogens (tertiary/aromatic N) is 3. The van der Waals surface area contributed by atoms with Crippen LogP contribution in [0.25, 0.3) is 0 Å². The topological polar surface area (TPSA) is 31.6 Å². The smallest absolute Gasteiger partial charge is 0.0808 e. The second-order valence-corrected chi connectivity index (χ2v) is 5.66. The minimum atomic E-state index is -0.249. The summed E-state index contributed by atoms with van der Waals surface area (Å²) in [4.78, 5) is 2.37. The highest BCUT2D eigenvalue weighted by Crippen LogP contribution is 2.32. The number of aryl methyl sites for hydroxylation is 1. The van der Waals surface area contributed by atoms with Crippen molar-refractivity contribution in [1.29, 1.82) is 0 Å². The molecule has 1 atom stereocenters. The summed E-state index contributed by atoms with van der Waals surface area (Å²) in [6.45, 7) is 6.55. The van der Waals surface area contributed by atoms with Crippen molar-refractivity contribution in [2.75, 3.05) is 38.2 Å². The predicted octanol–water partition coefficient (Wildman–Crippen LogP) is 1.05. The SMILES string of the molecule is Cc1cc2c(n1N1CCN(C)CC1)CCCC2O. The van der Waals surface area contributed by atoms with E-state index in [1.165, 1.54) is 11.4 Å². The minimum Gasteiger partial charge on any atom is -0.388 e. The number of rotatable bonds is 1. The lowest BCUT2D eigenvalue weighted by molar-refractivity contribution is 0.155. The molecular weight excluding hydrogens is 226 g/mol. The van der Waals surface area contributed by atoms with Gasteiger partial charge in [-0.2, -0.15) is 0 Å². The number of aliphatic hydroxyl groups is 1. The normalized spacial score (nSPS) is 25.3. The van der Waals surface area contributed by atoms with Crippen molar-refractivity contribution in [2.45, 2.75) is 32.3 Å². The fourth-order valence-electron chi connectivity index (χ4n) is 3.25. The molecule has 4 heteroatoms. The molecule has 1 aliphatic carbocycles. The predicted molar refractivity (Wildman–Crippen MR) is 72.5 cm³/mol.